The summed E-state index contributed by atoms with van der Waals surface area (Å²) in [7, 11) is -3.59. The molecule has 0 fully saturated rings. The molecule has 0 atom stereocenters. The van der Waals surface area contributed by atoms with Crippen LogP contribution >= 0.6 is 15.9 Å². The number of nitrogens with zero attached hydrogens (tertiary/aromatic N) is 1. The molecule has 2 rings (SSSR count). The molecule has 1 heterocycles. The van der Waals surface area contributed by atoms with Crippen molar-refractivity contribution in [3.05, 3.63) is 52.3 Å². The number of aromatic nitrogens is 1. The van der Waals surface area contributed by atoms with Gasteiger partial charge in [0, 0.05) is 22.6 Å². The molecule has 0 aliphatic heterocycles. The largest absolute Gasteiger partial charge is 0.280 e. The Balaban J connectivity index is 2.37. The molecule has 19 heavy (non-hydrogen) atoms. The zero-order chi connectivity index (χ0) is 14.0. The van der Waals surface area contributed by atoms with Crippen molar-refractivity contribution in [2.75, 3.05) is 4.72 Å². The van der Waals surface area contributed by atoms with Gasteiger partial charge in [-0.3, -0.25) is 9.71 Å². The summed E-state index contributed by atoms with van der Waals surface area (Å²) >= 11 is 3.45. The van der Waals surface area contributed by atoms with E-state index < -0.39 is 10.0 Å². The zero-order valence-electron chi connectivity index (χ0n) is 10.5. The van der Waals surface area contributed by atoms with Gasteiger partial charge in [-0.15, -0.1) is 0 Å². The maximum atomic E-state index is 12.1. The van der Waals surface area contributed by atoms with Gasteiger partial charge in [-0.2, -0.15) is 0 Å². The molecule has 4 nitrogen and oxygen atoms in total. The molecular weight excluding hydrogens is 328 g/mol. The number of nitrogens with one attached hydrogen (secondary N) is 1. The van der Waals surface area contributed by atoms with E-state index in [-0.39, 0.29) is 4.90 Å². The fourth-order valence-electron chi connectivity index (χ4n) is 1.72. The van der Waals surface area contributed by atoms with Crippen molar-refractivity contribution >= 4 is 31.6 Å². The van der Waals surface area contributed by atoms with Gasteiger partial charge in [-0.1, -0.05) is 15.9 Å². The zero-order valence-corrected chi connectivity index (χ0v) is 12.9. The third-order valence-corrected chi connectivity index (χ3v) is 5.25. The number of sulfonamides is 1. The van der Waals surface area contributed by atoms with Gasteiger partial charge in [0.1, 0.15) is 4.90 Å². The number of halogens is 1. The maximum absolute atomic E-state index is 12.1. The minimum Gasteiger partial charge on any atom is -0.280 e. The summed E-state index contributed by atoms with van der Waals surface area (Å²) in [6.45, 7) is 3.83. The highest BCUT2D eigenvalue weighted by Crippen LogP contribution is 2.26. The van der Waals surface area contributed by atoms with Crippen LogP contribution in [0.2, 0.25) is 0 Å². The third-order valence-electron chi connectivity index (χ3n) is 2.63. The van der Waals surface area contributed by atoms with Gasteiger partial charge >= 0.3 is 0 Å². The summed E-state index contributed by atoms with van der Waals surface area (Å²) in [5.41, 5.74) is 2.50. The van der Waals surface area contributed by atoms with Crippen LogP contribution in [0.3, 0.4) is 0 Å². The molecule has 1 aromatic carbocycles. The number of hydrogen-bond acceptors (Lipinski definition) is 3. The van der Waals surface area contributed by atoms with Crippen molar-refractivity contribution in [3.63, 3.8) is 0 Å². The Bertz CT molecular complexity index is 677. The molecule has 0 aliphatic carbocycles. The minimum absolute atomic E-state index is 0.147. The summed E-state index contributed by atoms with van der Waals surface area (Å²) in [5.74, 6) is 0. The van der Waals surface area contributed by atoms with Gasteiger partial charge in [-0.05, 0) is 49.2 Å². The Kier molecular flexibility index (Phi) is 3.91. The maximum Gasteiger partial charge on any atom is 0.263 e. The molecule has 0 aliphatic rings. The van der Waals surface area contributed by atoms with Crippen LogP contribution < -0.4 is 4.72 Å². The number of pyridine rings is 1. The topological polar surface area (TPSA) is 59.1 Å². The molecule has 2 aromatic rings. The summed E-state index contributed by atoms with van der Waals surface area (Å²) in [6.07, 6.45) is 2.86. The second-order valence-electron chi connectivity index (χ2n) is 4.22. The summed E-state index contributed by atoms with van der Waals surface area (Å²) in [6, 6.07) is 6.66. The smallest absolute Gasteiger partial charge is 0.263 e. The first kappa shape index (κ1) is 14.0. The number of rotatable bonds is 3. The first-order valence-corrected chi connectivity index (χ1v) is 7.87. The van der Waals surface area contributed by atoms with Crippen LogP contribution in [0.4, 0.5) is 5.69 Å². The van der Waals surface area contributed by atoms with Crippen molar-refractivity contribution < 1.29 is 8.42 Å². The minimum atomic E-state index is -3.59. The van der Waals surface area contributed by atoms with Gasteiger partial charge in [0.2, 0.25) is 0 Å². The number of hydrogen-bond donors (Lipinski definition) is 1. The quantitative estimate of drug-likeness (QED) is 0.932. The predicted octanol–water partition coefficient (Wildman–Crippen LogP) is 3.26. The van der Waals surface area contributed by atoms with Crippen LogP contribution in [0.15, 0.2) is 46.0 Å². The van der Waals surface area contributed by atoms with Gasteiger partial charge < -0.3 is 0 Å². The fraction of sp³-hybridized carbons (Fsp3) is 0.154. The van der Waals surface area contributed by atoms with Gasteiger partial charge in [0.05, 0.1) is 0 Å². The lowest BCUT2D eigenvalue weighted by molar-refractivity contribution is 0.601. The molecule has 0 spiro atoms. The number of benzene rings is 1. The lowest BCUT2D eigenvalue weighted by Crippen LogP contribution is -2.13. The SMILES string of the molecule is Cc1cc(NS(=O)(=O)c2cccnc2)cc(C)c1Br. The van der Waals surface area contributed by atoms with E-state index in [2.05, 4.69) is 25.6 Å². The Morgan fingerprint density at radius 3 is 2.37 bits per heavy atom. The summed E-state index contributed by atoms with van der Waals surface area (Å²) in [4.78, 5) is 3.96. The Morgan fingerprint density at radius 2 is 1.84 bits per heavy atom. The Morgan fingerprint density at radius 1 is 1.21 bits per heavy atom. The van der Waals surface area contributed by atoms with Crippen molar-refractivity contribution in [1.29, 1.82) is 0 Å². The molecule has 1 aromatic heterocycles. The molecule has 100 valence electrons. The average molecular weight is 341 g/mol. The molecule has 0 unspecified atom stereocenters. The standard InChI is InChI=1S/C13H13BrN2O2S/c1-9-6-11(7-10(2)13(9)14)16-19(17,18)12-4-3-5-15-8-12/h3-8,16H,1-2H3. The lowest BCUT2D eigenvalue weighted by Gasteiger charge is -2.11. The second kappa shape index (κ2) is 5.30. The Labute approximate surface area is 121 Å². The molecule has 0 amide bonds. The Hall–Kier alpha value is -1.40. The first-order chi connectivity index (χ1) is 8.90. The van der Waals surface area contributed by atoms with E-state index in [1.165, 1.54) is 18.5 Å². The van der Waals surface area contributed by atoms with E-state index in [1.807, 2.05) is 13.8 Å². The third kappa shape index (κ3) is 3.13. The number of aryl methyl sites for hydroxylation is 2. The molecule has 0 saturated heterocycles. The summed E-state index contributed by atoms with van der Waals surface area (Å²) in [5, 5.41) is 0. The monoisotopic (exact) mass is 340 g/mol. The predicted molar refractivity (Wildman–Crippen MR) is 78.7 cm³/mol. The van der Waals surface area contributed by atoms with Crippen LogP contribution in [0.5, 0.6) is 0 Å². The van der Waals surface area contributed by atoms with Gasteiger partial charge in [0.15, 0.2) is 0 Å². The van der Waals surface area contributed by atoms with E-state index in [9.17, 15) is 8.42 Å². The molecule has 0 radical (unpaired) electrons. The van der Waals surface area contributed by atoms with Crippen molar-refractivity contribution in [3.8, 4) is 0 Å². The van der Waals surface area contributed by atoms with E-state index in [0.717, 1.165) is 15.6 Å². The van der Waals surface area contributed by atoms with E-state index in [1.54, 1.807) is 18.2 Å². The highest BCUT2D eigenvalue weighted by atomic mass is 79.9. The van der Waals surface area contributed by atoms with E-state index >= 15 is 0 Å². The van der Waals surface area contributed by atoms with Gasteiger partial charge in [0.25, 0.3) is 10.0 Å². The van der Waals surface area contributed by atoms with Crippen LogP contribution in [-0.4, -0.2) is 13.4 Å². The summed E-state index contributed by atoms with van der Waals surface area (Å²) < 4.78 is 27.8. The van der Waals surface area contributed by atoms with Crippen LogP contribution in [0, 0.1) is 13.8 Å². The molecule has 0 bridgehead atoms. The van der Waals surface area contributed by atoms with Gasteiger partial charge in [-0.25, -0.2) is 8.42 Å². The van der Waals surface area contributed by atoms with Crippen LogP contribution in [0.25, 0.3) is 0 Å². The first-order valence-electron chi connectivity index (χ1n) is 5.60. The second-order valence-corrected chi connectivity index (χ2v) is 6.69. The molecule has 6 heteroatoms. The van der Waals surface area contributed by atoms with Crippen molar-refractivity contribution in [2.24, 2.45) is 0 Å². The molecular formula is C13H13BrN2O2S. The normalized spacial score (nSPS) is 11.3. The van der Waals surface area contributed by atoms with Crippen molar-refractivity contribution in [1.82, 2.24) is 4.98 Å². The van der Waals surface area contributed by atoms with Crippen LogP contribution in [-0.2, 0) is 10.0 Å². The van der Waals surface area contributed by atoms with Crippen LogP contribution in [0.1, 0.15) is 11.1 Å². The average Bonchev–Trinajstić information content (AvgIpc) is 2.36. The van der Waals surface area contributed by atoms with Crippen molar-refractivity contribution in [2.45, 2.75) is 18.7 Å². The highest BCUT2D eigenvalue weighted by molar-refractivity contribution is 9.10. The van der Waals surface area contributed by atoms with E-state index in [4.69, 9.17) is 0 Å². The molecule has 1 N–H and O–H groups in total. The van der Waals surface area contributed by atoms with E-state index in [0.29, 0.717) is 5.69 Å². The molecule has 0 saturated carbocycles. The number of anilines is 1. The highest BCUT2D eigenvalue weighted by Gasteiger charge is 2.14. The fourth-order valence-corrected chi connectivity index (χ4v) is 2.96. The lowest BCUT2D eigenvalue weighted by atomic mass is 10.1.